The third kappa shape index (κ3) is 2.76. The first-order valence-corrected chi connectivity index (χ1v) is 8.29. The van der Waals surface area contributed by atoms with Crippen molar-refractivity contribution in [2.75, 3.05) is 7.11 Å². The van der Waals surface area contributed by atoms with E-state index in [1.807, 2.05) is 24.3 Å². The molecule has 3 aromatic carbocycles. The minimum Gasteiger partial charge on any atom is -0.497 e. The van der Waals surface area contributed by atoms with Crippen molar-refractivity contribution < 1.29 is 9.47 Å². The second-order valence-corrected chi connectivity index (χ2v) is 6.12. The largest absolute Gasteiger partial charge is 0.497 e. The van der Waals surface area contributed by atoms with E-state index in [9.17, 15) is 0 Å². The molecule has 2 heteroatoms. The van der Waals surface area contributed by atoms with Crippen molar-refractivity contribution in [1.29, 1.82) is 0 Å². The van der Waals surface area contributed by atoms with Crippen LogP contribution in [0, 0.1) is 0 Å². The summed E-state index contributed by atoms with van der Waals surface area (Å²) in [6.07, 6.45) is 1.01. The molecular weight excluding hydrogens is 296 g/mol. The van der Waals surface area contributed by atoms with E-state index in [-0.39, 0.29) is 6.10 Å². The normalized spacial score (nSPS) is 19.2. The third-order valence-electron chi connectivity index (χ3n) is 4.70. The van der Waals surface area contributed by atoms with Crippen LogP contribution in [0.5, 0.6) is 11.5 Å². The minimum absolute atomic E-state index is 0.0770. The number of hydrogen-bond acceptors (Lipinski definition) is 2. The number of hydrogen-bond donors (Lipinski definition) is 0. The molecule has 24 heavy (non-hydrogen) atoms. The molecule has 1 aliphatic heterocycles. The first-order chi connectivity index (χ1) is 11.8. The summed E-state index contributed by atoms with van der Waals surface area (Å²) >= 11 is 0. The van der Waals surface area contributed by atoms with Gasteiger partial charge in [0, 0.05) is 11.5 Å². The Morgan fingerprint density at radius 1 is 0.792 bits per heavy atom. The van der Waals surface area contributed by atoms with Gasteiger partial charge in [0.15, 0.2) is 0 Å². The Hall–Kier alpha value is -2.74. The Bertz CT molecular complexity index is 809. The molecule has 0 fully saturated rings. The molecule has 0 radical (unpaired) electrons. The highest BCUT2D eigenvalue weighted by Crippen LogP contribution is 2.45. The predicted octanol–water partition coefficient (Wildman–Crippen LogP) is 5.35. The van der Waals surface area contributed by atoms with Gasteiger partial charge < -0.3 is 9.47 Å². The van der Waals surface area contributed by atoms with Gasteiger partial charge in [-0.2, -0.15) is 0 Å². The molecular formula is C22H20O2. The highest BCUT2D eigenvalue weighted by atomic mass is 16.5. The quantitative estimate of drug-likeness (QED) is 0.648. The van der Waals surface area contributed by atoms with Gasteiger partial charge in [-0.05, 0) is 35.7 Å². The number of fused-ring (bicyclic) bond motifs is 1. The molecule has 0 saturated heterocycles. The Morgan fingerprint density at radius 2 is 1.50 bits per heavy atom. The van der Waals surface area contributed by atoms with Crippen LogP contribution in [0.15, 0.2) is 78.9 Å². The van der Waals surface area contributed by atoms with Gasteiger partial charge in [-0.3, -0.25) is 0 Å². The maximum Gasteiger partial charge on any atom is 0.125 e. The lowest BCUT2D eigenvalue weighted by atomic mass is 9.82. The third-order valence-corrected chi connectivity index (χ3v) is 4.70. The fraction of sp³-hybridized carbons (Fsp3) is 0.182. The van der Waals surface area contributed by atoms with Crippen LogP contribution in [-0.2, 0) is 0 Å². The predicted molar refractivity (Wildman–Crippen MR) is 95.7 cm³/mol. The maximum absolute atomic E-state index is 6.29. The lowest BCUT2D eigenvalue weighted by Gasteiger charge is -2.33. The number of para-hydroxylation sites is 1. The summed E-state index contributed by atoms with van der Waals surface area (Å²) in [5, 5.41) is 0. The van der Waals surface area contributed by atoms with Crippen LogP contribution in [-0.4, -0.2) is 7.11 Å². The van der Waals surface area contributed by atoms with Gasteiger partial charge in [-0.1, -0.05) is 60.7 Å². The average molecular weight is 316 g/mol. The molecule has 0 amide bonds. The van der Waals surface area contributed by atoms with Crippen LogP contribution in [0.1, 0.15) is 35.1 Å². The molecule has 0 N–H and O–H groups in total. The SMILES string of the molecule is COc1ccc([C@H]2C[C@H](c3ccccc3)Oc3ccccc32)cc1. The summed E-state index contributed by atoms with van der Waals surface area (Å²) in [4.78, 5) is 0. The van der Waals surface area contributed by atoms with Crippen molar-refractivity contribution in [3.63, 3.8) is 0 Å². The van der Waals surface area contributed by atoms with E-state index in [0.29, 0.717) is 5.92 Å². The lowest BCUT2D eigenvalue weighted by Crippen LogP contribution is -2.19. The van der Waals surface area contributed by atoms with E-state index >= 15 is 0 Å². The van der Waals surface area contributed by atoms with Crippen molar-refractivity contribution in [2.24, 2.45) is 0 Å². The van der Waals surface area contributed by atoms with Gasteiger partial charge in [-0.25, -0.2) is 0 Å². The van der Waals surface area contributed by atoms with Crippen LogP contribution < -0.4 is 9.47 Å². The van der Waals surface area contributed by atoms with Crippen LogP contribution in [0.2, 0.25) is 0 Å². The maximum atomic E-state index is 6.29. The van der Waals surface area contributed by atoms with Gasteiger partial charge in [0.05, 0.1) is 7.11 Å². The van der Waals surface area contributed by atoms with Gasteiger partial charge in [0.2, 0.25) is 0 Å². The first kappa shape index (κ1) is 14.8. The smallest absolute Gasteiger partial charge is 0.125 e. The molecule has 2 atom stereocenters. The Kier molecular flexibility index (Phi) is 3.96. The van der Waals surface area contributed by atoms with Crippen molar-refractivity contribution in [3.8, 4) is 11.5 Å². The molecule has 1 heterocycles. The standard InChI is InChI=1S/C22H20O2/c1-23-18-13-11-16(12-14-18)20-15-22(17-7-3-2-4-8-17)24-21-10-6-5-9-19(20)21/h2-14,20,22H,15H2,1H3/t20-,22-/m1/s1. The monoisotopic (exact) mass is 316 g/mol. The molecule has 3 aromatic rings. The number of methoxy groups -OCH3 is 1. The fourth-order valence-corrected chi connectivity index (χ4v) is 3.44. The van der Waals surface area contributed by atoms with E-state index in [0.717, 1.165) is 17.9 Å². The van der Waals surface area contributed by atoms with Crippen LogP contribution in [0.4, 0.5) is 0 Å². The second kappa shape index (κ2) is 6.40. The average Bonchev–Trinajstić information content (AvgIpc) is 2.68. The van der Waals surface area contributed by atoms with Crippen LogP contribution >= 0.6 is 0 Å². The molecule has 1 aliphatic rings. The summed E-state index contributed by atoms with van der Waals surface area (Å²) in [5.41, 5.74) is 3.79. The Labute approximate surface area is 142 Å². The van der Waals surface area contributed by atoms with Crippen LogP contribution in [0.3, 0.4) is 0 Å². The highest BCUT2D eigenvalue weighted by Gasteiger charge is 2.30. The summed E-state index contributed by atoms with van der Waals surface area (Å²) in [5.74, 6) is 2.20. The van der Waals surface area contributed by atoms with Crippen molar-refractivity contribution in [2.45, 2.75) is 18.4 Å². The summed E-state index contributed by atoms with van der Waals surface area (Å²) in [7, 11) is 1.70. The van der Waals surface area contributed by atoms with Crippen molar-refractivity contribution in [3.05, 3.63) is 95.6 Å². The van der Waals surface area contributed by atoms with E-state index in [1.165, 1.54) is 16.7 Å². The summed E-state index contributed by atoms with van der Waals surface area (Å²) in [6.45, 7) is 0. The molecule has 4 rings (SSSR count). The zero-order chi connectivity index (χ0) is 16.4. The topological polar surface area (TPSA) is 18.5 Å². The highest BCUT2D eigenvalue weighted by molar-refractivity contribution is 5.45. The molecule has 0 unspecified atom stereocenters. The number of benzene rings is 3. The van der Waals surface area contributed by atoms with E-state index in [4.69, 9.17) is 9.47 Å². The molecule has 0 bridgehead atoms. The zero-order valence-corrected chi connectivity index (χ0v) is 13.7. The Balaban J connectivity index is 1.73. The Morgan fingerprint density at radius 3 is 2.25 bits per heavy atom. The first-order valence-electron chi connectivity index (χ1n) is 8.29. The number of rotatable bonds is 3. The van der Waals surface area contributed by atoms with Crippen LogP contribution in [0.25, 0.3) is 0 Å². The van der Waals surface area contributed by atoms with Gasteiger partial charge >= 0.3 is 0 Å². The molecule has 0 saturated carbocycles. The fourth-order valence-electron chi connectivity index (χ4n) is 3.44. The number of ether oxygens (including phenoxy) is 2. The summed E-state index contributed by atoms with van der Waals surface area (Å²) < 4.78 is 11.6. The van der Waals surface area contributed by atoms with E-state index < -0.39 is 0 Å². The molecule has 0 aromatic heterocycles. The minimum atomic E-state index is 0.0770. The molecule has 0 aliphatic carbocycles. The van der Waals surface area contributed by atoms with Gasteiger partial charge in [0.25, 0.3) is 0 Å². The molecule has 0 spiro atoms. The van der Waals surface area contributed by atoms with Crippen molar-refractivity contribution >= 4 is 0 Å². The van der Waals surface area contributed by atoms with Gasteiger partial charge in [0.1, 0.15) is 17.6 Å². The van der Waals surface area contributed by atoms with E-state index in [2.05, 4.69) is 54.6 Å². The van der Waals surface area contributed by atoms with Crippen molar-refractivity contribution in [1.82, 2.24) is 0 Å². The molecule has 120 valence electrons. The molecule has 2 nitrogen and oxygen atoms in total. The zero-order valence-electron chi connectivity index (χ0n) is 13.7. The van der Waals surface area contributed by atoms with Gasteiger partial charge in [-0.15, -0.1) is 0 Å². The lowest BCUT2D eigenvalue weighted by molar-refractivity contribution is 0.167. The summed E-state index contributed by atoms with van der Waals surface area (Å²) in [6, 6.07) is 27.2. The van der Waals surface area contributed by atoms with E-state index in [1.54, 1.807) is 7.11 Å². The second-order valence-electron chi connectivity index (χ2n) is 6.12.